The number of esters is 1. The standard InChI is InChI=1S/C12H12N2O6/c1-12(2-3-12)7-20-11(15)8-4-9(13(16)17)6-10(5-8)14(18)19/h4-6H,2-3,7H2,1H3. The Morgan fingerprint density at radius 3 is 2.10 bits per heavy atom. The summed E-state index contributed by atoms with van der Waals surface area (Å²) in [5.74, 6) is -0.787. The maximum atomic E-state index is 11.8. The molecular weight excluding hydrogens is 268 g/mol. The van der Waals surface area contributed by atoms with Gasteiger partial charge in [0.05, 0.1) is 28.1 Å². The molecule has 20 heavy (non-hydrogen) atoms. The average Bonchev–Trinajstić information content (AvgIpc) is 3.13. The molecule has 0 aromatic heterocycles. The van der Waals surface area contributed by atoms with Gasteiger partial charge in [0.15, 0.2) is 0 Å². The van der Waals surface area contributed by atoms with Crippen LogP contribution in [-0.2, 0) is 4.74 Å². The smallest absolute Gasteiger partial charge is 0.338 e. The summed E-state index contributed by atoms with van der Waals surface area (Å²) >= 11 is 0. The van der Waals surface area contributed by atoms with Crippen molar-refractivity contribution in [3.63, 3.8) is 0 Å². The van der Waals surface area contributed by atoms with Gasteiger partial charge in [-0.05, 0) is 12.8 Å². The average molecular weight is 280 g/mol. The normalized spacial score (nSPS) is 15.4. The SMILES string of the molecule is CC1(COC(=O)c2cc([N+](=O)[O-])cc([N+](=O)[O-])c2)CC1. The number of rotatable bonds is 5. The van der Waals surface area contributed by atoms with Gasteiger partial charge in [0.25, 0.3) is 11.4 Å². The van der Waals surface area contributed by atoms with E-state index in [9.17, 15) is 25.0 Å². The molecule has 1 aliphatic rings. The van der Waals surface area contributed by atoms with Crippen LogP contribution in [0.25, 0.3) is 0 Å². The minimum Gasteiger partial charge on any atom is -0.462 e. The van der Waals surface area contributed by atoms with Crippen molar-refractivity contribution in [2.75, 3.05) is 6.61 Å². The highest BCUT2D eigenvalue weighted by Crippen LogP contribution is 2.45. The van der Waals surface area contributed by atoms with Crippen molar-refractivity contribution >= 4 is 17.3 Å². The topological polar surface area (TPSA) is 113 Å². The van der Waals surface area contributed by atoms with Crippen molar-refractivity contribution < 1.29 is 19.4 Å². The molecule has 1 fully saturated rings. The summed E-state index contributed by atoms with van der Waals surface area (Å²) in [4.78, 5) is 31.6. The molecule has 8 heteroatoms. The van der Waals surface area contributed by atoms with Crippen LogP contribution in [-0.4, -0.2) is 22.4 Å². The molecule has 1 aromatic rings. The van der Waals surface area contributed by atoms with E-state index < -0.39 is 27.2 Å². The molecular formula is C12H12N2O6. The van der Waals surface area contributed by atoms with E-state index in [0.29, 0.717) is 0 Å². The Bertz CT molecular complexity index is 561. The Morgan fingerprint density at radius 2 is 1.70 bits per heavy atom. The number of nitro benzene ring substituents is 2. The number of hydrogen-bond acceptors (Lipinski definition) is 6. The van der Waals surface area contributed by atoms with E-state index in [1.54, 1.807) is 0 Å². The molecule has 1 aliphatic carbocycles. The fourth-order valence-electron chi connectivity index (χ4n) is 1.60. The molecule has 1 aromatic carbocycles. The van der Waals surface area contributed by atoms with E-state index in [0.717, 1.165) is 31.0 Å². The Balaban J connectivity index is 2.22. The van der Waals surface area contributed by atoms with Crippen molar-refractivity contribution in [3.8, 4) is 0 Å². The van der Waals surface area contributed by atoms with Gasteiger partial charge in [-0.25, -0.2) is 4.79 Å². The zero-order valence-electron chi connectivity index (χ0n) is 10.7. The first kappa shape index (κ1) is 13.9. The Kier molecular flexibility index (Phi) is 3.39. The van der Waals surface area contributed by atoms with Gasteiger partial charge in [0.1, 0.15) is 0 Å². The molecule has 0 bridgehead atoms. The van der Waals surface area contributed by atoms with E-state index >= 15 is 0 Å². The summed E-state index contributed by atoms with van der Waals surface area (Å²) in [5.41, 5.74) is -1.23. The third kappa shape index (κ3) is 3.08. The van der Waals surface area contributed by atoms with Gasteiger partial charge >= 0.3 is 5.97 Å². The second-order valence-electron chi connectivity index (χ2n) is 5.14. The number of carbonyl (C=O) groups excluding carboxylic acids is 1. The monoisotopic (exact) mass is 280 g/mol. The van der Waals surface area contributed by atoms with Crippen molar-refractivity contribution in [1.82, 2.24) is 0 Å². The first-order valence-electron chi connectivity index (χ1n) is 5.92. The fourth-order valence-corrected chi connectivity index (χ4v) is 1.60. The third-order valence-corrected chi connectivity index (χ3v) is 3.22. The maximum absolute atomic E-state index is 11.8. The summed E-state index contributed by atoms with van der Waals surface area (Å²) in [7, 11) is 0. The van der Waals surface area contributed by atoms with Crippen molar-refractivity contribution in [3.05, 3.63) is 44.0 Å². The van der Waals surface area contributed by atoms with Gasteiger partial charge in [0, 0.05) is 17.5 Å². The maximum Gasteiger partial charge on any atom is 0.338 e. The lowest BCUT2D eigenvalue weighted by Gasteiger charge is -2.09. The lowest BCUT2D eigenvalue weighted by atomic mass is 10.1. The predicted molar refractivity (Wildman–Crippen MR) is 67.4 cm³/mol. The van der Waals surface area contributed by atoms with E-state index in [1.165, 1.54) is 0 Å². The second-order valence-corrected chi connectivity index (χ2v) is 5.14. The molecule has 0 amide bonds. The van der Waals surface area contributed by atoms with Crippen LogP contribution in [0.4, 0.5) is 11.4 Å². The molecule has 0 heterocycles. The van der Waals surface area contributed by atoms with Gasteiger partial charge in [0.2, 0.25) is 0 Å². The van der Waals surface area contributed by atoms with Crippen molar-refractivity contribution in [2.45, 2.75) is 19.8 Å². The van der Waals surface area contributed by atoms with Crippen LogP contribution in [0, 0.1) is 25.6 Å². The van der Waals surface area contributed by atoms with Crippen LogP contribution in [0.3, 0.4) is 0 Å². The fraction of sp³-hybridized carbons (Fsp3) is 0.417. The predicted octanol–water partition coefficient (Wildman–Crippen LogP) is 2.46. The molecule has 1 saturated carbocycles. The van der Waals surface area contributed by atoms with Crippen LogP contribution in [0.15, 0.2) is 18.2 Å². The van der Waals surface area contributed by atoms with E-state index in [2.05, 4.69) is 0 Å². The number of nitrogens with zero attached hydrogens (tertiary/aromatic N) is 2. The van der Waals surface area contributed by atoms with Crippen molar-refractivity contribution in [1.29, 1.82) is 0 Å². The van der Waals surface area contributed by atoms with Gasteiger partial charge in [-0.1, -0.05) is 6.92 Å². The van der Waals surface area contributed by atoms with Gasteiger partial charge in [-0.3, -0.25) is 20.2 Å². The first-order valence-corrected chi connectivity index (χ1v) is 5.92. The van der Waals surface area contributed by atoms with Crippen molar-refractivity contribution in [2.24, 2.45) is 5.41 Å². The highest BCUT2D eigenvalue weighted by Gasteiger charge is 2.38. The molecule has 0 N–H and O–H groups in total. The van der Waals surface area contributed by atoms with Gasteiger partial charge in [-0.15, -0.1) is 0 Å². The van der Waals surface area contributed by atoms with E-state index in [1.807, 2.05) is 6.92 Å². The van der Waals surface area contributed by atoms with Crippen LogP contribution < -0.4 is 0 Å². The molecule has 0 unspecified atom stereocenters. The summed E-state index contributed by atoms with van der Waals surface area (Å²) in [5, 5.41) is 21.4. The van der Waals surface area contributed by atoms with Crippen LogP contribution in [0.2, 0.25) is 0 Å². The minimum atomic E-state index is -0.787. The Morgan fingerprint density at radius 1 is 1.20 bits per heavy atom. The largest absolute Gasteiger partial charge is 0.462 e. The summed E-state index contributed by atoms with van der Waals surface area (Å²) < 4.78 is 5.04. The van der Waals surface area contributed by atoms with Gasteiger partial charge in [-0.2, -0.15) is 0 Å². The third-order valence-electron chi connectivity index (χ3n) is 3.22. The molecule has 0 spiro atoms. The van der Waals surface area contributed by atoms with Gasteiger partial charge < -0.3 is 4.74 Å². The van der Waals surface area contributed by atoms with E-state index in [-0.39, 0.29) is 17.6 Å². The summed E-state index contributed by atoms with van der Waals surface area (Å²) in [6.07, 6.45) is 1.91. The molecule has 8 nitrogen and oxygen atoms in total. The van der Waals surface area contributed by atoms with Crippen LogP contribution >= 0.6 is 0 Å². The summed E-state index contributed by atoms with van der Waals surface area (Å²) in [6.45, 7) is 2.17. The molecule has 106 valence electrons. The highest BCUT2D eigenvalue weighted by atomic mass is 16.6. The van der Waals surface area contributed by atoms with E-state index in [4.69, 9.17) is 4.74 Å². The minimum absolute atomic E-state index is 0.0255. The number of carbonyl (C=O) groups is 1. The number of nitro groups is 2. The number of non-ortho nitro benzene ring substituents is 2. The summed E-state index contributed by atoms with van der Waals surface area (Å²) in [6, 6.07) is 2.76. The number of hydrogen-bond donors (Lipinski definition) is 0. The Labute approximate surface area is 113 Å². The van der Waals surface area contributed by atoms with Crippen LogP contribution in [0.1, 0.15) is 30.1 Å². The zero-order chi connectivity index (χ0) is 14.9. The first-order chi connectivity index (χ1) is 9.31. The number of benzene rings is 1. The number of ether oxygens (including phenoxy) is 1. The quantitative estimate of drug-likeness (QED) is 0.465. The molecule has 0 saturated heterocycles. The molecule has 0 aliphatic heterocycles. The van der Waals surface area contributed by atoms with Crippen LogP contribution in [0.5, 0.6) is 0 Å². The lowest BCUT2D eigenvalue weighted by Crippen LogP contribution is -2.13. The zero-order valence-corrected chi connectivity index (χ0v) is 10.7. The second kappa shape index (κ2) is 4.87. The highest BCUT2D eigenvalue weighted by molar-refractivity contribution is 5.91. The lowest BCUT2D eigenvalue weighted by molar-refractivity contribution is -0.394. The molecule has 0 radical (unpaired) electrons. The Hall–Kier alpha value is -2.51. The molecule has 0 atom stereocenters. The molecule has 2 rings (SSSR count).